The Morgan fingerprint density at radius 3 is 2.67 bits per heavy atom. The zero-order valence-electron chi connectivity index (χ0n) is 11.1. The van der Waals surface area contributed by atoms with Crippen LogP contribution in [0.2, 0.25) is 0 Å². The van der Waals surface area contributed by atoms with Gasteiger partial charge in [0, 0.05) is 6.07 Å². The zero-order chi connectivity index (χ0) is 14.9. The number of benzene rings is 1. The standard InChI is InChI=1S/C14H12N2O3S2/c1-10-4-2-3-5-11(10)16-21(17,18)14-7-6-13(20-14)12-8-9-15-19-12/h2-9,16H,1H3. The maximum atomic E-state index is 12.4. The van der Waals surface area contributed by atoms with E-state index < -0.39 is 10.0 Å². The Balaban J connectivity index is 1.91. The van der Waals surface area contributed by atoms with Crippen molar-refractivity contribution in [2.75, 3.05) is 4.72 Å². The van der Waals surface area contributed by atoms with E-state index in [4.69, 9.17) is 4.52 Å². The summed E-state index contributed by atoms with van der Waals surface area (Å²) in [4.78, 5) is 0.720. The Hall–Kier alpha value is -2.12. The van der Waals surface area contributed by atoms with Crippen LogP contribution in [0.1, 0.15) is 5.56 Å². The molecule has 0 bridgehead atoms. The lowest BCUT2D eigenvalue weighted by Crippen LogP contribution is -2.12. The molecule has 3 aromatic rings. The largest absolute Gasteiger partial charge is 0.355 e. The highest BCUT2D eigenvalue weighted by Crippen LogP contribution is 2.31. The Kier molecular flexibility index (Phi) is 3.52. The van der Waals surface area contributed by atoms with Gasteiger partial charge < -0.3 is 4.52 Å². The molecule has 21 heavy (non-hydrogen) atoms. The molecule has 1 aromatic carbocycles. The first kappa shape index (κ1) is 13.8. The number of nitrogens with zero attached hydrogens (tertiary/aromatic N) is 1. The summed E-state index contributed by atoms with van der Waals surface area (Å²) in [7, 11) is -3.60. The van der Waals surface area contributed by atoms with Gasteiger partial charge in [0.05, 0.1) is 16.8 Å². The van der Waals surface area contributed by atoms with E-state index in [1.54, 1.807) is 30.3 Å². The molecule has 2 aromatic heterocycles. The lowest BCUT2D eigenvalue weighted by Gasteiger charge is -2.08. The summed E-state index contributed by atoms with van der Waals surface area (Å²) in [5, 5.41) is 3.62. The summed E-state index contributed by atoms with van der Waals surface area (Å²) in [6.45, 7) is 1.85. The second-order valence-electron chi connectivity index (χ2n) is 4.42. The number of aromatic nitrogens is 1. The molecule has 3 rings (SSSR count). The van der Waals surface area contributed by atoms with Crippen LogP contribution in [-0.2, 0) is 10.0 Å². The van der Waals surface area contributed by atoms with Gasteiger partial charge in [-0.1, -0.05) is 23.4 Å². The fraction of sp³-hybridized carbons (Fsp3) is 0.0714. The topological polar surface area (TPSA) is 72.2 Å². The maximum Gasteiger partial charge on any atom is 0.271 e. The summed E-state index contributed by atoms with van der Waals surface area (Å²) < 4.78 is 32.6. The molecule has 0 saturated heterocycles. The molecule has 0 fully saturated rings. The molecular formula is C14H12N2O3S2. The number of hydrogen-bond acceptors (Lipinski definition) is 5. The summed E-state index contributed by atoms with van der Waals surface area (Å²) >= 11 is 1.14. The van der Waals surface area contributed by atoms with Crippen molar-refractivity contribution >= 4 is 27.0 Å². The SMILES string of the molecule is Cc1ccccc1NS(=O)(=O)c1ccc(-c2ccno2)s1. The average molecular weight is 320 g/mol. The third-order valence-corrected chi connectivity index (χ3v) is 5.87. The first-order chi connectivity index (χ1) is 10.1. The summed E-state index contributed by atoms with van der Waals surface area (Å²) in [5.74, 6) is 0.553. The fourth-order valence-electron chi connectivity index (χ4n) is 1.82. The maximum absolute atomic E-state index is 12.4. The molecule has 5 nitrogen and oxygen atoms in total. The van der Waals surface area contributed by atoms with E-state index in [-0.39, 0.29) is 4.21 Å². The molecule has 0 aliphatic carbocycles. The minimum absolute atomic E-state index is 0.233. The molecule has 7 heteroatoms. The minimum atomic E-state index is -3.60. The van der Waals surface area contributed by atoms with Gasteiger partial charge in [0.2, 0.25) is 0 Å². The second-order valence-corrected chi connectivity index (χ2v) is 7.41. The predicted octanol–water partition coefficient (Wildman–Crippen LogP) is 3.51. The van der Waals surface area contributed by atoms with E-state index in [0.717, 1.165) is 21.8 Å². The van der Waals surface area contributed by atoms with Gasteiger partial charge >= 0.3 is 0 Å². The molecule has 0 amide bonds. The third-order valence-electron chi connectivity index (χ3n) is 2.92. The molecule has 0 spiro atoms. The average Bonchev–Trinajstić information content (AvgIpc) is 3.11. The number of hydrogen-bond donors (Lipinski definition) is 1. The molecule has 0 radical (unpaired) electrons. The molecule has 108 valence electrons. The van der Waals surface area contributed by atoms with Crippen LogP contribution in [-0.4, -0.2) is 13.6 Å². The Morgan fingerprint density at radius 1 is 1.14 bits per heavy atom. The van der Waals surface area contributed by atoms with Crippen LogP contribution in [0.3, 0.4) is 0 Å². The molecule has 2 heterocycles. The quantitative estimate of drug-likeness (QED) is 0.798. The first-order valence-electron chi connectivity index (χ1n) is 6.15. The Labute approximate surface area is 126 Å². The molecule has 0 aliphatic rings. The summed E-state index contributed by atoms with van der Waals surface area (Å²) in [5.41, 5.74) is 1.44. The normalized spacial score (nSPS) is 11.5. The van der Waals surface area contributed by atoms with Crippen LogP contribution in [0.25, 0.3) is 10.6 Å². The van der Waals surface area contributed by atoms with Crippen molar-refractivity contribution in [3.8, 4) is 10.6 Å². The van der Waals surface area contributed by atoms with Crippen molar-refractivity contribution < 1.29 is 12.9 Å². The van der Waals surface area contributed by atoms with Gasteiger partial charge in [-0.2, -0.15) is 0 Å². The number of sulfonamides is 1. The van der Waals surface area contributed by atoms with Crippen LogP contribution in [0.5, 0.6) is 0 Å². The highest BCUT2D eigenvalue weighted by atomic mass is 32.2. The van der Waals surface area contributed by atoms with Crippen LogP contribution >= 0.6 is 11.3 Å². The zero-order valence-corrected chi connectivity index (χ0v) is 12.7. The van der Waals surface area contributed by atoms with Gasteiger partial charge in [0.1, 0.15) is 4.21 Å². The monoisotopic (exact) mass is 320 g/mol. The molecular weight excluding hydrogens is 308 g/mol. The number of anilines is 1. The molecule has 1 N–H and O–H groups in total. The van der Waals surface area contributed by atoms with Gasteiger partial charge in [-0.3, -0.25) is 4.72 Å². The van der Waals surface area contributed by atoms with Crippen LogP contribution < -0.4 is 4.72 Å². The van der Waals surface area contributed by atoms with E-state index in [9.17, 15) is 8.42 Å². The van der Waals surface area contributed by atoms with E-state index in [2.05, 4.69) is 9.88 Å². The number of nitrogens with one attached hydrogen (secondary N) is 1. The minimum Gasteiger partial charge on any atom is -0.355 e. The van der Waals surface area contributed by atoms with Crippen molar-refractivity contribution in [3.63, 3.8) is 0 Å². The number of para-hydroxylation sites is 1. The van der Waals surface area contributed by atoms with E-state index in [1.807, 2.05) is 19.1 Å². The second kappa shape index (κ2) is 5.34. The van der Waals surface area contributed by atoms with Crippen molar-refractivity contribution in [2.45, 2.75) is 11.1 Å². The van der Waals surface area contributed by atoms with Crippen molar-refractivity contribution in [2.24, 2.45) is 0 Å². The van der Waals surface area contributed by atoms with E-state index >= 15 is 0 Å². The number of aryl methyl sites for hydroxylation is 1. The number of rotatable bonds is 4. The summed E-state index contributed by atoms with van der Waals surface area (Å²) in [6.07, 6.45) is 1.52. The highest BCUT2D eigenvalue weighted by molar-refractivity contribution is 7.94. The van der Waals surface area contributed by atoms with Gasteiger partial charge in [0.25, 0.3) is 10.0 Å². The third kappa shape index (κ3) is 2.84. The van der Waals surface area contributed by atoms with Crippen LogP contribution in [0.15, 0.2) is 57.4 Å². The van der Waals surface area contributed by atoms with Crippen molar-refractivity contribution in [1.82, 2.24) is 5.16 Å². The van der Waals surface area contributed by atoms with Crippen molar-refractivity contribution in [1.29, 1.82) is 0 Å². The van der Waals surface area contributed by atoms with E-state index in [1.165, 1.54) is 6.20 Å². The number of thiophene rings is 1. The molecule has 0 aliphatic heterocycles. The Bertz CT molecular complexity index is 852. The lowest BCUT2D eigenvalue weighted by molar-refractivity contribution is 0.433. The molecule has 0 saturated carbocycles. The Morgan fingerprint density at radius 2 is 1.95 bits per heavy atom. The van der Waals surface area contributed by atoms with Gasteiger partial charge in [-0.05, 0) is 30.7 Å². The predicted molar refractivity (Wildman–Crippen MR) is 81.8 cm³/mol. The summed E-state index contributed by atoms with van der Waals surface area (Å²) in [6, 6.07) is 12.2. The van der Waals surface area contributed by atoms with Gasteiger partial charge in [-0.15, -0.1) is 11.3 Å². The van der Waals surface area contributed by atoms with Crippen LogP contribution in [0, 0.1) is 6.92 Å². The smallest absolute Gasteiger partial charge is 0.271 e. The molecule has 0 atom stereocenters. The van der Waals surface area contributed by atoms with Gasteiger partial charge in [-0.25, -0.2) is 8.42 Å². The highest BCUT2D eigenvalue weighted by Gasteiger charge is 2.19. The fourth-order valence-corrected chi connectivity index (χ4v) is 4.22. The first-order valence-corrected chi connectivity index (χ1v) is 8.45. The lowest BCUT2D eigenvalue weighted by atomic mass is 10.2. The molecule has 0 unspecified atom stereocenters. The van der Waals surface area contributed by atoms with Crippen LogP contribution in [0.4, 0.5) is 5.69 Å². The van der Waals surface area contributed by atoms with Crippen molar-refractivity contribution in [3.05, 3.63) is 54.2 Å². The van der Waals surface area contributed by atoms with E-state index in [0.29, 0.717) is 11.4 Å². The van der Waals surface area contributed by atoms with Gasteiger partial charge in [0.15, 0.2) is 5.76 Å².